The number of halogens is 1. The normalized spacial score (nSPS) is 13.9. The number of aryl methyl sites for hydroxylation is 1. The molecule has 0 unspecified atom stereocenters. The minimum absolute atomic E-state index is 0.0546. The molecule has 0 radical (unpaired) electrons. The van der Waals surface area contributed by atoms with Crippen molar-refractivity contribution in [2.45, 2.75) is 33.7 Å². The zero-order valence-corrected chi connectivity index (χ0v) is 15.4. The molecule has 1 aromatic carbocycles. The zero-order valence-electron chi connectivity index (χ0n) is 14.5. The van der Waals surface area contributed by atoms with E-state index in [0.29, 0.717) is 23.0 Å². The molecule has 1 amide bonds. The van der Waals surface area contributed by atoms with Gasteiger partial charge in [-0.2, -0.15) is 5.10 Å². The van der Waals surface area contributed by atoms with Crippen LogP contribution in [-0.4, -0.2) is 22.2 Å². The molecule has 3 heterocycles. The number of thiophene rings is 1. The van der Waals surface area contributed by atoms with E-state index in [1.54, 1.807) is 11.0 Å². The molecule has 3 aromatic rings. The van der Waals surface area contributed by atoms with Gasteiger partial charge in [0, 0.05) is 18.5 Å². The number of hydrogen-bond acceptors (Lipinski definition) is 3. The lowest BCUT2D eigenvalue weighted by Gasteiger charge is -2.16. The molecule has 0 atom stereocenters. The van der Waals surface area contributed by atoms with Gasteiger partial charge in [0.05, 0.1) is 16.3 Å². The Morgan fingerprint density at radius 1 is 1.36 bits per heavy atom. The third-order valence-electron chi connectivity index (χ3n) is 4.54. The van der Waals surface area contributed by atoms with Gasteiger partial charge in [-0.25, -0.2) is 4.39 Å². The molecular weight excluding hydrogens is 337 g/mol. The zero-order chi connectivity index (χ0) is 17.7. The summed E-state index contributed by atoms with van der Waals surface area (Å²) in [5.41, 5.74) is 2.67. The van der Waals surface area contributed by atoms with Gasteiger partial charge in [0.1, 0.15) is 10.6 Å². The molecular formula is C19H20FN3OS. The van der Waals surface area contributed by atoms with E-state index in [2.05, 4.69) is 18.9 Å². The Hall–Kier alpha value is -2.21. The monoisotopic (exact) mass is 357 g/mol. The molecule has 0 fully saturated rings. The maximum atomic E-state index is 13.6. The number of benzene rings is 1. The molecule has 4 nitrogen and oxygen atoms in total. The van der Waals surface area contributed by atoms with Crippen LogP contribution in [-0.2, 0) is 13.0 Å². The van der Waals surface area contributed by atoms with Crippen LogP contribution >= 0.6 is 11.3 Å². The molecule has 0 saturated carbocycles. The summed E-state index contributed by atoms with van der Waals surface area (Å²) in [7, 11) is 0. The highest BCUT2D eigenvalue weighted by Gasteiger charge is 2.28. The van der Waals surface area contributed by atoms with E-state index in [0.717, 1.165) is 34.4 Å². The van der Waals surface area contributed by atoms with Crippen LogP contribution in [0.1, 0.15) is 34.8 Å². The highest BCUT2D eigenvalue weighted by molar-refractivity contribution is 7.20. The van der Waals surface area contributed by atoms with Gasteiger partial charge >= 0.3 is 0 Å². The summed E-state index contributed by atoms with van der Waals surface area (Å²) in [6, 6.07) is 6.61. The fourth-order valence-corrected chi connectivity index (χ4v) is 4.50. The predicted octanol–water partition coefficient (Wildman–Crippen LogP) is 4.40. The van der Waals surface area contributed by atoms with Crippen molar-refractivity contribution in [2.24, 2.45) is 5.92 Å². The first-order valence-corrected chi connectivity index (χ1v) is 9.33. The molecule has 1 aliphatic rings. The van der Waals surface area contributed by atoms with Gasteiger partial charge in [-0.15, -0.1) is 11.3 Å². The average Bonchev–Trinajstić information content (AvgIpc) is 3.22. The third kappa shape index (κ3) is 2.74. The fourth-order valence-electron chi connectivity index (χ4n) is 3.38. The van der Waals surface area contributed by atoms with E-state index < -0.39 is 0 Å². The van der Waals surface area contributed by atoms with Crippen molar-refractivity contribution in [3.8, 4) is 0 Å². The SMILES string of the molecule is Cc1nn(CC(C)C)c2sc(C(=O)N3CCc4ccc(F)cc43)cc12. The van der Waals surface area contributed by atoms with E-state index >= 15 is 0 Å². The number of hydrogen-bond donors (Lipinski definition) is 0. The minimum Gasteiger partial charge on any atom is -0.307 e. The van der Waals surface area contributed by atoms with Crippen LogP contribution in [0, 0.1) is 18.7 Å². The van der Waals surface area contributed by atoms with E-state index in [-0.39, 0.29) is 11.7 Å². The van der Waals surface area contributed by atoms with Crippen LogP contribution in [0.15, 0.2) is 24.3 Å². The van der Waals surface area contributed by atoms with Gasteiger partial charge in [0.2, 0.25) is 0 Å². The first-order valence-electron chi connectivity index (χ1n) is 8.51. The summed E-state index contributed by atoms with van der Waals surface area (Å²) in [4.78, 5) is 16.4. The van der Waals surface area contributed by atoms with Crippen molar-refractivity contribution in [3.05, 3.63) is 46.2 Å². The summed E-state index contributed by atoms with van der Waals surface area (Å²) >= 11 is 1.48. The number of fused-ring (bicyclic) bond motifs is 2. The summed E-state index contributed by atoms with van der Waals surface area (Å²) in [6.45, 7) is 7.70. The minimum atomic E-state index is -0.307. The lowest BCUT2D eigenvalue weighted by atomic mass is 10.2. The van der Waals surface area contributed by atoms with Gasteiger partial charge in [0.25, 0.3) is 5.91 Å². The van der Waals surface area contributed by atoms with E-state index in [9.17, 15) is 9.18 Å². The lowest BCUT2D eigenvalue weighted by Crippen LogP contribution is -2.28. The number of aromatic nitrogens is 2. The number of carbonyl (C=O) groups is 1. The molecule has 0 saturated heterocycles. The van der Waals surface area contributed by atoms with E-state index in [1.807, 2.05) is 17.7 Å². The molecule has 6 heteroatoms. The van der Waals surface area contributed by atoms with Crippen molar-refractivity contribution in [3.63, 3.8) is 0 Å². The van der Waals surface area contributed by atoms with Crippen LogP contribution in [0.25, 0.3) is 10.2 Å². The smallest absolute Gasteiger partial charge is 0.268 e. The maximum absolute atomic E-state index is 13.6. The average molecular weight is 357 g/mol. The van der Waals surface area contributed by atoms with Gasteiger partial charge in [0.15, 0.2) is 0 Å². The van der Waals surface area contributed by atoms with Crippen LogP contribution in [0.4, 0.5) is 10.1 Å². The Morgan fingerprint density at radius 3 is 2.92 bits per heavy atom. The quantitative estimate of drug-likeness (QED) is 0.697. The number of rotatable bonds is 3. The van der Waals surface area contributed by atoms with Crippen LogP contribution in [0.2, 0.25) is 0 Å². The summed E-state index contributed by atoms with van der Waals surface area (Å²) < 4.78 is 15.6. The molecule has 0 aliphatic carbocycles. The number of anilines is 1. The summed E-state index contributed by atoms with van der Waals surface area (Å²) in [5, 5.41) is 5.62. The van der Waals surface area contributed by atoms with Crippen molar-refractivity contribution < 1.29 is 9.18 Å². The molecule has 2 aromatic heterocycles. The molecule has 0 N–H and O–H groups in total. The van der Waals surface area contributed by atoms with Crippen LogP contribution in [0.3, 0.4) is 0 Å². The number of amides is 1. The topological polar surface area (TPSA) is 38.1 Å². The Labute approximate surface area is 149 Å². The first-order chi connectivity index (χ1) is 11.9. The van der Waals surface area contributed by atoms with E-state index in [4.69, 9.17) is 0 Å². The maximum Gasteiger partial charge on any atom is 0.268 e. The Balaban J connectivity index is 1.71. The molecule has 4 rings (SSSR count). The van der Waals surface area contributed by atoms with Crippen molar-refractivity contribution in [1.82, 2.24) is 9.78 Å². The van der Waals surface area contributed by atoms with Gasteiger partial charge in [-0.3, -0.25) is 9.48 Å². The Bertz CT molecular complexity index is 973. The fraction of sp³-hybridized carbons (Fsp3) is 0.368. The largest absolute Gasteiger partial charge is 0.307 e. The molecule has 1 aliphatic heterocycles. The lowest BCUT2D eigenvalue weighted by molar-refractivity contribution is 0.0993. The molecule has 0 bridgehead atoms. The molecule has 130 valence electrons. The van der Waals surface area contributed by atoms with Crippen LogP contribution in [0.5, 0.6) is 0 Å². The highest BCUT2D eigenvalue weighted by atomic mass is 32.1. The second-order valence-electron chi connectivity index (χ2n) is 6.97. The third-order valence-corrected chi connectivity index (χ3v) is 5.68. The molecule has 0 spiro atoms. The highest BCUT2D eigenvalue weighted by Crippen LogP contribution is 2.34. The number of nitrogens with zero attached hydrogens (tertiary/aromatic N) is 3. The van der Waals surface area contributed by atoms with Crippen molar-refractivity contribution in [2.75, 3.05) is 11.4 Å². The number of carbonyl (C=O) groups excluding carboxylic acids is 1. The predicted molar refractivity (Wildman–Crippen MR) is 99.0 cm³/mol. The molecule has 25 heavy (non-hydrogen) atoms. The summed E-state index contributed by atoms with van der Waals surface area (Å²) in [5.74, 6) is 0.122. The van der Waals surface area contributed by atoms with Crippen molar-refractivity contribution >= 4 is 33.1 Å². The van der Waals surface area contributed by atoms with Gasteiger partial charge in [-0.05, 0) is 43.0 Å². The van der Waals surface area contributed by atoms with Crippen molar-refractivity contribution in [1.29, 1.82) is 0 Å². The second kappa shape index (κ2) is 5.95. The second-order valence-corrected chi connectivity index (χ2v) is 8.00. The van der Waals surface area contributed by atoms with E-state index in [1.165, 1.54) is 23.5 Å². The summed E-state index contributed by atoms with van der Waals surface area (Å²) in [6.07, 6.45) is 0.770. The Kier molecular flexibility index (Phi) is 3.87. The standard InChI is InChI=1S/C19H20FN3OS/c1-11(2)10-23-19-15(12(3)21-23)9-17(25-19)18(24)22-7-6-13-4-5-14(20)8-16(13)22/h4-5,8-9,11H,6-7,10H2,1-3H3. The van der Waals surface area contributed by atoms with Gasteiger partial charge in [-0.1, -0.05) is 19.9 Å². The first kappa shape index (κ1) is 16.3. The Morgan fingerprint density at radius 2 is 2.16 bits per heavy atom. The van der Waals surface area contributed by atoms with Crippen LogP contribution < -0.4 is 4.90 Å². The van der Waals surface area contributed by atoms with Gasteiger partial charge < -0.3 is 4.90 Å².